The highest BCUT2D eigenvalue weighted by Gasteiger charge is 2.25. The second-order valence-corrected chi connectivity index (χ2v) is 7.64. The molecule has 0 amide bonds. The standard InChI is InChI=1S/C21H28N2O4.C2H6/c1-8-12(2)14(4)27-20(25)16-13(3)22-18-17(16)15(9-10-21(5,6)26)11-23(7)19(18)24;1-2/h11-12,14,22,26H,8H2,1-7H3;1-2H3. The summed E-state index contributed by atoms with van der Waals surface area (Å²) in [4.78, 5) is 28.4. The van der Waals surface area contributed by atoms with Crippen LogP contribution in [0.1, 0.15) is 76.5 Å². The smallest absolute Gasteiger partial charge is 0.340 e. The Kier molecular flexibility index (Phi) is 8.28. The van der Waals surface area contributed by atoms with Gasteiger partial charge in [0, 0.05) is 24.3 Å². The lowest BCUT2D eigenvalue weighted by molar-refractivity contribution is 0.0215. The highest BCUT2D eigenvalue weighted by Crippen LogP contribution is 2.25. The third kappa shape index (κ3) is 5.74. The molecule has 0 bridgehead atoms. The average molecular weight is 403 g/mol. The predicted molar refractivity (Wildman–Crippen MR) is 117 cm³/mol. The van der Waals surface area contributed by atoms with Gasteiger partial charge < -0.3 is 19.4 Å². The summed E-state index contributed by atoms with van der Waals surface area (Å²) < 4.78 is 7.05. The van der Waals surface area contributed by atoms with E-state index < -0.39 is 11.6 Å². The summed E-state index contributed by atoms with van der Waals surface area (Å²) >= 11 is 0. The Hall–Kier alpha value is -2.52. The molecule has 2 N–H and O–H groups in total. The van der Waals surface area contributed by atoms with E-state index in [1.165, 1.54) is 4.57 Å². The van der Waals surface area contributed by atoms with Crippen LogP contribution in [0.2, 0.25) is 0 Å². The maximum atomic E-state index is 12.9. The molecule has 0 fully saturated rings. The molecule has 0 saturated carbocycles. The monoisotopic (exact) mass is 402 g/mol. The van der Waals surface area contributed by atoms with E-state index >= 15 is 0 Å². The van der Waals surface area contributed by atoms with Gasteiger partial charge in [0.05, 0.1) is 11.1 Å². The number of pyridine rings is 1. The van der Waals surface area contributed by atoms with Crippen molar-refractivity contribution in [3.8, 4) is 11.8 Å². The molecular weight excluding hydrogens is 368 g/mol. The molecule has 6 heteroatoms. The predicted octanol–water partition coefficient (Wildman–Crippen LogP) is 3.92. The van der Waals surface area contributed by atoms with Gasteiger partial charge in [-0.05, 0) is 33.6 Å². The zero-order chi connectivity index (χ0) is 22.5. The van der Waals surface area contributed by atoms with Crippen LogP contribution >= 0.6 is 0 Å². The quantitative estimate of drug-likeness (QED) is 0.600. The van der Waals surface area contributed by atoms with Crippen LogP contribution in [0.4, 0.5) is 0 Å². The van der Waals surface area contributed by atoms with Crippen LogP contribution in [0.3, 0.4) is 0 Å². The van der Waals surface area contributed by atoms with Gasteiger partial charge in [0.15, 0.2) is 0 Å². The number of carbonyl (C=O) groups is 1. The van der Waals surface area contributed by atoms with Gasteiger partial charge in [-0.3, -0.25) is 4.79 Å². The van der Waals surface area contributed by atoms with Crippen molar-refractivity contribution in [3.05, 3.63) is 33.4 Å². The fraction of sp³-hybridized carbons (Fsp3) is 0.565. The van der Waals surface area contributed by atoms with Gasteiger partial charge in [-0.1, -0.05) is 46.0 Å². The Bertz CT molecular complexity index is 981. The van der Waals surface area contributed by atoms with Gasteiger partial charge in [0.2, 0.25) is 0 Å². The Morgan fingerprint density at radius 2 is 1.93 bits per heavy atom. The van der Waals surface area contributed by atoms with Crippen molar-refractivity contribution < 1.29 is 14.6 Å². The maximum Gasteiger partial charge on any atom is 0.340 e. The highest BCUT2D eigenvalue weighted by atomic mass is 16.5. The summed E-state index contributed by atoms with van der Waals surface area (Å²) in [5.74, 6) is 5.39. The highest BCUT2D eigenvalue weighted by molar-refractivity contribution is 6.07. The van der Waals surface area contributed by atoms with Gasteiger partial charge in [0.1, 0.15) is 17.2 Å². The lowest BCUT2D eigenvalue weighted by Gasteiger charge is -2.19. The maximum absolute atomic E-state index is 12.9. The number of hydrogen-bond donors (Lipinski definition) is 2. The van der Waals surface area contributed by atoms with Gasteiger partial charge in [0.25, 0.3) is 5.56 Å². The molecule has 2 aromatic rings. The second kappa shape index (κ2) is 9.80. The van der Waals surface area contributed by atoms with Gasteiger partial charge >= 0.3 is 5.97 Å². The SMILES string of the molecule is CC.CCC(C)C(C)OC(=O)c1c(C)[nH]c2c(=O)n(C)cc(C#CC(C)(C)O)c12. The zero-order valence-corrected chi connectivity index (χ0v) is 19.1. The van der Waals surface area contributed by atoms with Gasteiger partial charge in [-0.2, -0.15) is 0 Å². The van der Waals surface area contributed by atoms with E-state index in [4.69, 9.17) is 4.74 Å². The van der Waals surface area contributed by atoms with Crippen molar-refractivity contribution in [2.24, 2.45) is 13.0 Å². The number of aliphatic hydroxyl groups is 1. The van der Waals surface area contributed by atoms with Gasteiger partial charge in [-0.25, -0.2) is 4.79 Å². The van der Waals surface area contributed by atoms with E-state index in [-0.39, 0.29) is 17.6 Å². The van der Waals surface area contributed by atoms with E-state index in [0.717, 1.165) is 6.42 Å². The first-order chi connectivity index (χ1) is 13.5. The number of rotatable bonds is 4. The second-order valence-electron chi connectivity index (χ2n) is 7.64. The van der Waals surface area contributed by atoms with Crippen molar-refractivity contribution in [1.29, 1.82) is 0 Å². The summed E-state index contributed by atoms with van der Waals surface area (Å²) in [5, 5.41) is 10.4. The molecule has 0 aromatic carbocycles. The van der Waals surface area contributed by atoms with E-state index in [9.17, 15) is 14.7 Å². The average Bonchev–Trinajstić information content (AvgIpc) is 3.01. The van der Waals surface area contributed by atoms with Crippen LogP contribution < -0.4 is 5.56 Å². The number of nitrogens with one attached hydrogen (secondary N) is 1. The van der Waals surface area contributed by atoms with Crippen LogP contribution in [0, 0.1) is 24.7 Å². The van der Waals surface area contributed by atoms with Crippen LogP contribution in [0.15, 0.2) is 11.0 Å². The summed E-state index contributed by atoms with van der Waals surface area (Å²) in [6.45, 7) is 14.8. The van der Waals surface area contributed by atoms with Crippen LogP contribution in [-0.2, 0) is 11.8 Å². The molecule has 2 unspecified atom stereocenters. The first kappa shape index (κ1) is 24.5. The topological polar surface area (TPSA) is 84.3 Å². The number of fused-ring (bicyclic) bond motifs is 1. The molecule has 160 valence electrons. The van der Waals surface area contributed by atoms with Crippen LogP contribution in [0.5, 0.6) is 0 Å². The molecule has 2 aromatic heterocycles. The van der Waals surface area contributed by atoms with E-state index in [2.05, 4.69) is 16.8 Å². The van der Waals surface area contributed by atoms with E-state index in [0.29, 0.717) is 27.7 Å². The molecule has 0 saturated heterocycles. The first-order valence-electron chi connectivity index (χ1n) is 10.1. The number of H-pyrrole nitrogens is 1. The Morgan fingerprint density at radius 3 is 2.45 bits per heavy atom. The van der Waals surface area contributed by atoms with E-state index in [1.54, 1.807) is 34.0 Å². The molecule has 6 nitrogen and oxygen atoms in total. The lowest BCUT2D eigenvalue weighted by Crippen LogP contribution is -2.22. The first-order valence-corrected chi connectivity index (χ1v) is 10.1. The Labute approximate surface area is 173 Å². The van der Waals surface area contributed by atoms with E-state index in [1.807, 2.05) is 34.6 Å². The number of carbonyl (C=O) groups excluding carboxylic acids is 1. The number of aromatic amines is 1. The Balaban J connectivity index is 0.00000204. The molecule has 0 radical (unpaired) electrons. The summed E-state index contributed by atoms with van der Waals surface area (Å²) in [7, 11) is 1.62. The molecule has 29 heavy (non-hydrogen) atoms. The summed E-state index contributed by atoms with van der Waals surface area (Å²) in [6, 6.07) is 0. The lowest BCUT2D eigenvalue weighted by atomic mass is 10.0. The molecule has 2 atom stereocenters. The third-order valence-electron chi connectivity index (χ3n) is 4.76. The molecule has 0 aliphatic rings. The molecule has 2 heterocycles. The van der Waals surface area contributed by atoms with Crippen LogP contribution in [-0.4, -0.2) is 32.3 Å². The summed E-state index contributed by atoms with van der Waals surface area (Å²) in [5.41, 5.74) is 0.218. The molecule has 0 aliphatic carbocycles. The minimum absolute atomic E-state index is 0.224. The van der Waals surface area contributed by atoms with Crippen molar-refractivity contribution in [1.82, 2.24) is 9.55 Å². The minimum atomic E-state index is -1.20. The normalized spacial score (nSPS) is 13.0. The van der Waals surface area contributed by atoms with Crippen molar-refractivity contribution >= 4 is 16.9 Å². The number of hydrogen-bond acceptors (Lipinski definition) is 4. The largest absolute Gasteiger partial charge is 0.459 e. The van der Waals surface area contributed by atoms with Crippen molar-refractivity contribution in [2.45, 2.75) is 73.5 Å². The number of aryl methyl sites for hydroxylation is 2. The van der Waals surface area contributed by atoms with Crippen molar-refractivity contribution in [2.75, 3.05) is 0 Å². The number of aromatic nitrogens is 2. The number of ether oxygens (including phenoxy) is 1. The number of esters is 1. The van der Waals surface area contributed by atoms with Crippen LogP contribution in [0.25, 0.3) is 10.9 Å². The Morgan fingerprint density at radius 1 is 1.34 bits per heavy atom. The fourth-order valence-corrected chi connectivity index (χ4v) is 2.79. The molecule has 0 aliphatic heterocycles. The molecule has 2 rings (SSSR count). The van der Waals surface area contributed by atoms with Gasteiger partial charge in [-0.15, -0.1) is 0 Å². The van der Waals surface area contributed by atoms with Crippen molar-refractivity contribution in [3.63, 3.8) is 0 Å². The summed E-state index contributed by atoms with van der Waals surface area (Å²) in [6.07, 6.45) is 2.22. The molecule has 0 spiro atoms. The fourth-order valence-electron chi connectivity index (χ4n) is 2.79. The molecular formula is C23H34N2O4. The minimum Gasteiger partial charge on any atom is -0.459 e. The zero-order valence-electron chi connectivity index (χ0n) is 19.1. The third-order valence-corrected chi connectivity index (χ3v) is 4.76. The number of nitrogens with zero attached hydrogens (tertiary/aromatic N) is 1.